The van der Waals surface area contributed by atoms with Gasteiger partial charge in [0.1, 0.15) is 29.4 Å². The second kappa shape index (κ2) is 11.3. The zero-order valence-electron chi connectivity index (χ0n) is 21.3. The molecule has 188 valence electrons. The number of hydrogen-bond donors (Lipinski definition) is 1. The molecule has 6 nitrogen and oxygen atoms in total. The summed E-state index contributed by atoms with van der Waals surface area (Å²) >= 11 is 0. The van der Waals surface area contributed by atoms with Gasteiger partial charge in [0.2, 0.25) is 0 Å². The number of methoxy groups -OCH3 is 1. The Balaban J connectivity index is 1.71. The van der Waals surface area contributed by atoms with E-state index in [-0.39, 0.29) is 24.9 Å². The van der Waals surface area contributed by atoms with Gasteiger partial charge in [0, 0.05) is 35.0 Å². The second-order valence-electron chi connectivity index (χ2n) is 8.96. The van der Waals surface area contributed by atoms with Gasteiger partial charge in [0.05, 0.1) is 20.1 Å². The third-order valence-electron chi connectivity index (χ3n) is 6.13. The zero-order chi connectivity index (χ0) is 25.7. The highest BCUT2D eigenvalue weighted by Gasteiger charge is 2.20. The Morgan fingerprint density at radius 3 is 2.56 bits per heavy atom. The van der Waals surface area contributed by atoms with Crippen molar-refractivity contribution >= 4 is 16.9 Å². The molecule has 3 aromatic carbocycles. The van der Waals surface area contributed by atoms with Crippen molar-refractivity contribution in [2.45, 2.75) is 46.3 Å². The topological polar surface area (TPSA) is 83.9 Å². The molecule has 0 saturated carbocycles. The van der Waals surface area contributed by atoms with Crippen LogP contribution in [0.25, 0.3) is 22.1 Å². The summed E-state index contributed by atoms with van der Waals surface area (Å²) in [4.78, 5) is 12.2. The van der Waals surface area contributed by atoms with E-state index >= 15 is 0 Å². The maximum Gasteiger partial charge on any atom is 0.310 e. The number of hydrogen-bond acceptors (Lipinski definition) is 6. The molecule has 0 fully saturated rings. The van der Waals surface area contributed by atoms with Crippen molar-refractivity contribution in [1.29, 1.82) is 0 Å². The average molecular weight is 488 g/mol. The Bertz CT molecular complexity index is 1350. The summed E-state index contributed by atoms with van der Waals surface area (Å²) in [5.74, 6) is 1.99. The Labute approximate surface area is 212 Å². The third kappa shape index (κ3) is 5.55. The van der Waals surface area contributed by atoms with Crippen LogP contribution in [-0.2, 0) is 29.1 Å². The molecule has 2 N–H and O–H groups in total. The number of esters is 1. The van der Waals surface area contributed by atoms with Crippen LogP contribution >= 0.6 is 0 Å². The van der Waals surface area contributed by atoms with Crippen LogP contribution in [-0.4, -0.2) is 19.7 Å². The van der Waals surface area contributed by atoms with E-state index in [1.807, 2.05) is 30.3 Å². The number of furan rings is 1. The highest BCUT2D eigenvalue weighted by Crippen LogP contribution is 2.36. The Morgan fingerprint density at radius 2 is 1.83 bits per heavy atom. The number of carbonyl (C=O) groups is 1. The smallest absolute Gasteiger partial charge is 0.310 e. The third-order valence-corrected chi connectivity index (χ3v) is 6.13. The molecule has 0 atom stereocenters. The monoisotopic (exact) mass is 487 g/mol. The molecular formula is C30H33NO5. The van der Waals surface area contributed by atoms with Crippen molar-refractivity contribution in [3.05, 3.63) is 83.1 Å². The Kier molecular flexibility index (Phi) is 7.96. The van der Waals surface area contributed by atoms with E-state index in [0.29, 0.717) is 24.7 Å². The predicted octanol–water partition coefficient (Wildman–Crippen LogP) is 6.38. The number of ether oxygens (including phenoxy) is 3. The summed E-state index contributed by atoms with van der Waals surface area (Å²) < 4.78 is 23.1. The first-order chi connectivity index (χ1) is 17.4. The van der Waals surface area contributed by atoms with Crippen molar-refractivity contribution in [2.24, 2.45) is 5.73 Å². The van der Waals surface area contributed by atoms with Crippen molar-refractivity contribution in [1.82, 2.24) is 0 Å². The lowest BCUT2D eigenvalue weighted by Crippen LogP contribution is -2.09. The molecule has 0 bridgehead atoms. The molecule has 4 rings (SSSR count). The van der Waals surface area contributed by atoms with Crippen LogP contribution < -0.4 is 15.2 Å². The van der Waals surface area contributed by atoms with Crippen LogP contribution in [0.15, 0.2) is 65.1 Å². The van der Waals surface area contributed by atoms with E-state index in [1.165, 1.54) is 0 Å². The SMILES string of the molecule is CCOC(=O)Cc1ccc(OC)cc1OCc1c(C(C)C)oc2ccc(-c3cccc(CN)c3)cc12. The molecule has 0 aliphatic heterocycles. The van der Waals surface area contributed by atoms with Crippen molar-refractivity contribution < 1.29 is 23.4 Å². The van der Waals surface area contributed by atoms with Crippen molar-refractivity contribution in [3.8, 4) is 22.6 Å². The highest BCUT2D eigenvalue weighted by atomic mass is 16.5. The second-order valence-corrected chi connectivity index (χ2v) is 8.96. The van der Waals surface area contributed by atoms with Crippen LogP contribution in [0, 0.1) is 0 Å². The number of fused-ring (bicyclic) bond motifs is 1. The number of carbonyl (C=O) groups excluding carboxylic acids is 1. The van der Waals surface area contributed by atoms with Crippen LogP contribution in [0.5, 0.6) is 11.5 Å². The minimum atomic E-state index is -0.298. The largest absolute Gasteiger partial charge is 0.497 e. The molecule has 0 spiro atoms. The average Bonchev–Trinajstić information content (AvgIpc) is 3.26. The lowest BCUT2D eigenvalue weighted by Gasteiger charge is -2.14. The van der Waals surface area contributed by atoms with Gasteiger partial charge in [-0.1, -0.05) is 44.2 Å². The minimum Gasteiger partial charge on any atom is -0.497 e. The van der Waals surface area contributed by atoms with Crippen LogP contribution in [0.3, 0.4) is 0 Å². The lowest BCUT2D eigenvalue weighted by molar-refractivity contribution is -0.142. The molecule has 0 saturated heterocycles. The number of nitrogens with two attached hydrogens (primary N) is 1. The van der Waals surface area contributed by atoms with Gasteiger partial charge in [-0.3, -0.25) is 4.79 Å². The standard InChI is InChI=1S/C30H33NO5/c1-5-34-29(32)15-23-9-11-24(33-4)16-28(23)35-18-26-25-14-22(21-8-6-7-20(13-21)17-31)10-12-27(25)36-30(26)19(2)3/h6-14,16,19H,5,15,17-18,31H2,1-4H3. The summed E-state index contributed by atoms with van der Waals surface area (Å²) in [5, 5.41) is 1.00. The van der Waals surface area contributed by atoms with Crippen LogP contribution in [0.2, 0.25) is 0 Å². The first-order valence-electron chi connectivity index (χ1n) is 12.2. The van der Waals surface area contributed by atoms with Crippen molar-refractivity contribution in [3.63, 3.8) is 0 Å². The van der Waals surface area contributed by atoms with Gasteiger partial charge in [-0.05, 0) is 47.9 Å². The summed E-state index contributed by atoms with van der Waals surface area (Å²) in [7, 11) is 1.60. The molecule has 1 heterocycles. The maximum absolute atomic E-state index is 12.2. The van der Waals surface area contributed by atoms with Gasteiger partial charge < -0.3 is 24.4 Å². The fourth-order valence-electron chi connectivity index (χ4n) is 4.30. The Morgan fingerprint density at radius 1 is 1.03 bits per heavy atom. The molecular weight excluding hydrogens is 454 g/mol. The van der Waals surface area contributed by atoms with Gasteiger partial charge in [-0.25, -0.2) is 0 Å². The minimum absolute atomic E-state index is 0.123. The molecule has 36 heavy (non-hydrogen) atoms. The molecule has 4 aromatic rings. The normalized spacial score (nSPS) is 11.2. The van der Waals surface area contributed by atoms with Gasteiger partial charge in [0.15, 0.2) is 0 Å². The quantitative estimate of drug-likeness (QED) is 0.262. The molecule has 0 unspecified atom stereocenters. The van der Waals surface area contributed by atoms with Gasteiger partial charge >= 0.3 is 5.97 Å². The summed E-state index contributed by atoms with van der Waals surface area (Å²) in [6.07, 6.45) is 0.123. The van der Waals surface area contributed by atoms with E-state index in [1.54, 1.807) is 20.1 Å². The van der Waals surface area contributed by atoms with E-state index in [9.17, 15) is 4.79 Å². The molecule has 1 aromatic heterocycles. The summed E-state index contributed by atoms with van der Waals surface area (Å²) in [5.41, 5.74) is 11.7. The van der Waals surface area contributed by atoms with E-state index in [2.05, 4.69) is 38.1 Å². The molecule has 0 amide bonds. The molecule has 0 radical (unpaired) electrons. The number of rotatable bonds is 10. The van der Waals surface area contributed by atoms with Gasteiger partial charge in [-0.2, -0.15) is 0 Å². The highest BCUT2D eigenvalue weighted by molar-refractivity contribution is 5.87. The summed E-state index contributed by atoms with van der Waals surface area (Å²) in [6.45, 7) is 7.11. The van der Waals surface area contributed by atoms with Crippen LogP contribution in [0.4, 0.5) is 0 Å². The zero-order valence-corrected chi connectivity index (χ0v) is 21.3. The van der Waals surface area contributed by atoms with E-state index in [0.717, 1.165) is 44.5 Å². The molecule has 0 aliphatic carbocycles. The van der Waals surface area contributed by atoms with Gasteiger partial charge in [0.25, 0.3) is 0 Å². The first kappa shape index (κ1) is 25.3. The lowest BCUT2D eigenvalue weighted by atomic mass is 9.99. The predicted molar refractivity (Wildman–Crippen MR) is 141 cm³/mol. The number of benzene rings is 3. The van der Waals surface area contributed by atoms with E-state index in [4.69, 9.17) is 24.4 Å². The molecule has 6 heteroatoms. The fraction of sp³-hybridized carbons (Fsp3) is 0.300. The van der Waals surface area contributed by atoms with Crippen molar-refractivity contribution in [2.75, 3.05) is 13.7 Å². The summed E-state index contributed by atoms with van der Waals surface area (Å²) in [6, 6.07) is 19.9. The maximum atomic E-state index is 12.2. The van der Waals surface area contributed by atoms with Crippen LogP contribution in [0.1, 0.15) is 49.1 Å². The van der Waals surface area contributed by atoms with Gasteiger partial charge in [-0.15, -0.1) is 0 Å². The first-order valence-corrected chi connectivity index (χ1v) is 12.2. The molecule has 0 aliphatic rings. The fourth-order valence-corrected chi connectivity index (χ4v) is 4.30. The Hall–Kier alpha value is -3.77. The van der Waals surface area contributed by atoms with E-state index < -0.39 is 0 Å².